The molecule has 3 nitrogen and oxygen atoms in total. The van der Waals surface area contributed by atoms with Crippen molar-refractivity contribution in [2.75, 3.05) is 7.11 Å². The van der Waals surface area contributed by atoms with Crippen LogP contribution >= 0.6 is 15.9 Å². The largest absolute Gasteiger partial charge is 0.465 e. The van der Waals surface area contributed by atoms with E-state index in [0.29, 0.717) is 5.56 Å². The van der Waals surface area contributed by atoms with Gasteiger partial charge in [-0.15, -0.1) is 0 Å². The molecule has 0 heterocycles. The van der Waals surface area contributed by atoms with E-state index in [1.54, 1.807) is 0 Å². The van der Waals surface area contributed by atoms with Gasteiger partial charge in [-0.1, -0.05) is 22.0 Å². The Morgan fingerprint density at radius 3 is 2.67 bits per heavy atom. The van der Waals surface area contributed by atoms with Gasteiger partial charge in [-0.3, -0.25) is 0 Å². The van der Waals surface area contributed by atoms with E-state index in [0.717, 1.165) is 40.7 Å². The molecule has 4 heteroatoms. The van der Waals surface area contributed by atoms with Crippen LogP contribution in [0.2, 0.25) is 0 Å². The van der Waals surface area contributed by atoms with Crippen molar-refractivity contribution in [3.05, 3.63) is 33.8 Å². The molecule has 3 saturated carbocycles. The molecule has 0 aromatic heterocycles. The van der Waals surface area contributed by atoms with Gasteiger partial charge in [-0.2, -0.15) is 0 Å². The van der Waals surface area contributed by atoms with E-state index >= 15 is 0 Å². The molecule has 21 heavy (non-hydrogen) atoms. The maximum atomic E-state index is 11.5. The van der Waals surface area contributed by atoms with E-state index in [9.17, 15) is 4.79 Å². The predicted molar refractivity (Wildman–Crippen MR) is 83.9 cm³/mol. The zero-order chi connectivity index (χ0) is 14.6. The first-order valence-corrected chi connectivity index (χ1v) is 8.58. The number of benzene rings is 1. The van der Waals surface area contributed by atoms with Gasteiger partial charge in [-0.05, 0) is 60.6 Å². The highest BCUT2D eigenvalue weighted by atomic mass is 79.9. The Morgan fingerprint density at radius 2 is 2.05 bits per heavy atom. The monoisotopic (exact) mass is 349 g/mol. The molecule has 3 aliphatic rings. The Balaban J connectivity index is 1.39. The molecule has 0 spiro atoms. The van der Waals surface area contributed by atoms with Gasteiger partial charge in [0, 0.05) is 17.1 Å². The Hall–Kier alpha value is -0.870. The molecule has 112 valence electrons. The van der Waals surface area contributed by atoms with Crippen LogP contribution in [0.25, 0.3) is 0 Å². The molecule has 3 aliphatic carbocycles. The van der Waals surface area contributed by atoms with Crippen molar-refractivity contribution in [3.63, 3.8) is 0 Å². The number of ether oxygens (including phenoxy) is 1. The van der Waals surface area contributed by atoms with E-state index in [1.165, 1.54) is 31.9 Å². The van der Waals surface area contributed by atoms with Crippen LogP contribution in [0.3, 0.4) is 0 Å². The number of rotatable bonds is 4. The molecule has 4 unspecified atom stereocenters. The number of fused-ring (bicyclic) bond motifs is 5. The van der Waals surface area contributed by atoms with Crippen LogP contribution < -0.4 is 5.32 Å². The number of halogens is 1. The smallest absolute Gasteiger partial charge is 0.337 e. The van der Waals surface area contributed by atoms with Crippen LogP contribution in [-0.2, 0) is 11.3 Å². The summed E-state index contributed by atoms with van der Waals surface area (Å²) in [6.07, 6.45) is 4.41. The summed E-state index contributed by atoms with van der Waals surface area (Å²) in [6, 6.07) is 6.44. The first kappa shape index (κ1) is 13.8. The fourth-order valence-electron chi connectivity index (χ4n) is 4.76. The molecule has 0 saturated heterocycles. The second-order valence-corrected chi connectivity index (χ2v) is 7.55. The first-order valence-electron chi connectivity index (χ1n) is 7.79. The predicted octanol–water partition coefficient (Wildman–Crippen LogP) is 3.37. The number of carbonyl (C=O) groups is 1. The van der Waals surface area contributed by atoms with E-state index in [4.69, 9.17) is 4.74 Å². The van der Waals surface area contributed by atoms with Crippen LogP contribution in [-0.4, -0.2) is 19.1 Å². The summed E-state index contributed by atoms with van der Waals surface area (Å²) < 4.78 is 5.72. The molecule has 0 aliphatic heterocycles. The number of carbonyl (C=O) groups excluding carboxylic acids is 1. The molecule has 3 fully saturated rings. The molecule has 4 rings (SSSR count). The number of hydrogen-bond acceptors (Lipinski definition) is 3. The van der Waals surface area contributed by atoms with Crippen LogP contribution in [0.4, 0.5) is 0 Å². The normalized spacial score (nSPS) is 35.6. The Labute approximate surface area is 133 Å². The average molecular weight is 350 g/mol. The van der Waals surface area contributed by atoms with Gasteiger partial charge >= 0.3 is 5.97 Å². The SMILES string of the molecule is COC(=O)c1ccc(CNC2C3C4CCC(C4)C23)c(Br)c1. The van der Waals surface area contributed by atoms with Crippen LogP contribution in [0.5, 0.6) is 0 Å². The van der Waals surface area contributed by atoms with E-state index in [2.05, 4.69) is 21.2 Å². The number of methoxy groups -OCH3 is 1. The van der Waals surface area contributed by atoms with E-state index in [-0.39, 0.29) is 5.97 Å². The van der Waals surface area contributed by atoms with Gasteiger partial charge < -0.3 is 10.1 Å². The molecule has 1 N–H and O–H groups in total. The lowest BCUT2D eigenvalue weighted by Gasteiger charge is -2.12. The lowest BCUT2D eigenvalue weighted by atomic mass is 10.0. The minimum atomic E-state index is -0.288. The molecular formula is C17H20BrNO2. The summed E-state index contributed by atoms with van der Waals surface area (Å²) in [5.41, 5.74) is 1.80. The zero-order valence-electron chi connectivity index (χ0n) is 12.1. The molecule has 4 atom stereocenters. The van der Waals surface area contributed by atoms with Crippen LogP contribution in [0, 0.1) is 23.7 Å². The lowest BCUT2D eigenvalue weighted by Crippen LogP contribution is -2.22. The quantitative estimate of drug-likeness (QED) is 0.847. The van der Waals surface area contributed by atoms with Crippen molar-refractivity contribution in [1.82, 2.24) is 5.32 Å². The molecule has 2 bridgehead atoms. The van der Waals surface area contributed by atoms with Gasteiger partial charge in [0.15, 0.2) is 0 Å². The Morgan fingerprint density at radius 1 is 1.33 bits per heavy atom. The highest BCUT2D eigenvalue weighted by Crippen LogP contribution is 2.65. The van der Waals surface area contributed by atoms with Gasteiger partial charge in [0.2, 0.25) is 0 Å². The molecule has 1 aromatic carbocycles. The second-order valence-electron chi connectivity index (χ2n) is 6.69. The minimum Gasteiger partial charge on any atom is -0.465 e. The van der Waals surface area contributed by atoms with Crippen molar-refractivity contribution in [2.45, 2.75) is 31.8 Å². The fourth-order valence-corrected chi connectivity index (χ4v) is 5.28. The minimum absolute atomic E-state index is 0.288. The maximum Gasteiger partial charge on any atom is 0.337 e. The number of nitrogens with one attached hydrogen (secondary N) is 1. The third-order valence-electron chi connectivity index (χ3n) is 5.74. The van der Waals surface area contributed by atoms with Crippen molar-refractivity contribution in [3.8, 4) is 0 Å². The van der Waals surface area contributed by atoms with Gasteiger partial charge in [0.25, 0.3) is 0 Å². The summed E-state index contributed by atoms with van der Waals surface area (Å²) in [4.78, 5) is 11.5. The fraction of sp³-hybridized carbons (Fsp3) is 0.588. The first-order chi connectivity index (χ1) is 10.2. The Kier molecular flexibility index (Phi) is 3.34. The molecule has 0 radical (unpaired) electrons. The number of hydrogen-bond donors (Lipinski definition) is 1. The third kappa shape index (κ3) is 2.23. The second kappa shape index (κ2) is 5.10. The lowest BCUT2D eigenvalue weighted by molar-refractivity contribution is 0.0600. The van der Waals surface area contributed by atoms with Crippen LogP contribution in [0.1, 0.15) is 35.2 Å². The summed E-state index contributed by atoms with van der Waals surface area (Å²) in [7, 11) is 1.41. The summed E-state index contributed by atoms with van der Waals surface area (Å²) in [5, 5.41) is 3.73. The summed E-state index contributed by atoms with van der Waals surface area (Å²) in [5.74, 6) is 3.63. The Bertz CT molecular complexity index is 572. The van der Waals surface area contributed by atoms with Gasteiger partial charge in [0.05, 0.1) is 12.7 Å². The van der Waals surface area contributed by atoms with E-state index in [1.807, 2.05) is 18.2 Å². The molecule has 0 amide bonds. The van der Waals surface area contributed by atoms with Crippen molar-refractivity contribution in [2.24, 2.45) is 23.7 Å². The van der Waals surface area contributed by atoms with Gasteiger partial charge in [-0.25, -0.2) is 4.79 Å². The highest BCUT2D eigenvalue weighted by molar-refractivity contribution is 9.10. The van der Waals surface area contributed by atoms with E-state index < -0.39 is 0 Å². The zero-order valence-corrected chi connectivity index (χ0v) is 13.7. The maximum absolute atomic E-state index is 11.5. The topological polar surface area (TPSA) is 38.3 Å². The summed E-state index contributed by atoms with van der Waals surface area (Å²) in [6.45, 7) is 0.874. The van der Waals surface area contributed by atoms with Crippen LogP contribution in [0.15, 0.2) is 22.7 Å². The van der Waals surface area contributed by atoms with Crippen molar-refractivity contribution >= 4 is 21.9 Å². The molecular weight excluding hydrogens is 330 g/mol. The number of esters is 1. The summed E-state index contributed by atoms with van der Waals surface area (Å²) >= 11 is 3.56. The standard InChI is InChI=1S/C17H20BrNO2/c1-21-17(20)11-4-5-12(13(18)7-11)8-19-16-14-9-2-3-10(6-9)15(14)16/h4-5,7,9-10,14-16,19H,2-3,6,8H2,1H3. The van der Waals surface area contributed by atoms with Crippen molar-refractivity contribution < 1.29 is 9.53 Å². The van der Waals surface area contributed by atoms with Gasteiger partial charge in [0.1, 0.15) is 0 Å². The van der Waals surface area contributed by atoms with Crippen molar-refractivity contribution in [1.29, 1.82) is 0 Å². The molecule has 1 aromatic rings. The highest BCUT2D eigenvalue weighted by Gasteiger charge is 2.64. The average Bonchev–Trinajstić information content (AvgIpc) is 2.88. The third-order valence-corrected chi connectivity index (χ3v) is 6.48.